The molecule has 0 bridgehead atoms. The lowest BCUT2D eigenvalue weighted by atomic mass is 10.2. The zero-order valence-corrected chi connectivity index (χ0v) is 36.7. The monoisotopic (exact) mass is 907 g/mol. The van der Waals surface area contributed by atoms with Crippen molar-refractivity contribution in [3.63, 3.8) is 0 Å². The van der Waals surface area contributed by atoms with Gasteiger partial charge in [-0.15, -0.1) is 0 Å². The fourth-order valence-corrected chi connectivity index (χ4v) is 5.74. The number of benzene rings is 4. The summed E-state index contributed by atoms with van der Waals surface area (Å²) in [7, 11) is -5.23. The quantitative estimate of drug-likeness (QED) is 0.0365. The van der Waals surface area contributed by atoms with Crippen LogP contribution in [0.15, 0.2) is 101 Å². The second-order valence-electron chi connectivity index (χ2n) is 11.8. The number of hydrogen-bond donors (Lipinski definition) is 6. The van der Waals surface area contributed by atoms with Gasteiger partial charge in [-0.2, -0.15) is 16.8 Å². The van der Waals surface area contributed by atoms with Crippen molar-refractivity contribution in [2.24, 2.45) is 0 Å². The lowest BCUT2D eigenvalue weighted by Crippen LogP contribution is -2.27. The van der Waals surface area contributed by atoms with Gasteiger partial charge < -0.3 is 40.8 Å². The number of hydrogen-bond acceptors (Lipinski definition) is 17. The number of carboxylic acid groups (broad SMARTS) is 1. The third-order valence-corrected chi connectivity index (χ3v) is 10.3. The van der Waals surface area contributed by atoms with Gasteiger partial charge in [0, 0.05) is 35.4 Å². The van der Waals surface area contributed by atoms with Crippen molar-refractivity contribution < 1.29 is 68.8 Å². The van der Waals surface area contributed by atoms with E-state index in [1.165, 1.54) is 66.7 Å². The number of aromatic hydroxyl groups is 1. The molecule has 340 valence electrons. The van der Waals surface area contributed by atoms with E-state index in [4.69, 9.17) is 26.4 Å². The molecule has 0 unspecified atom stereocenters. The van der Waals surface area contributed by atoms with Crippen LogP contribution in [0.2, 0.25) is 0 Å². The molecule has 0 aliphatic rings. The van der Waals surface area contributed by atoms with Crippen molar-refractivity contribution in [2.75, 3.05) is 75.8 Å². The molecule has 0 heterocycles. The number of nitrogens with zero attached hydrogens (tertiary/aromatic N) is 1. The summed E-state index contributed by atoms with van der Waals surface area (Å²) in [6.07, 6.45) is -1.18. The molecule has 0 saturated carbocycles. The molecule has 0 atom stereocenters. The van der Waals surface area contributed by atoms with Gasteiger partial charge in [0.1, 0.15) is 17.9 Å². The highest BCUT2D eigenvalue weighted by Crippen LogP contribution is 2.20. The van der Waals surface area contributed by atoms with E-state index >= 15 is 0 Å². The summed E-state index contributed by atoms with van der Waals surface area (Å²) in [6, 6.07) is 21.7. The normalized spacial score (nSPS) is 10.6. The maximum atomic E-state index is 11.6. The Morgan fingerprint density at radius 1 is 0.629 bits per heavy atom. The highest BCUT2D eigenvalue weighted by atomic mass is 32.2. The van der Waals surface area contributed by atoms with Crippen LogP contribution in [0.3, 0.4) is 0 Å². The molecule has 0 spiro atoms. The highest BCUT2D eigenvalue weighted by molar-refractivity contribution is 7.87. The second kappa shape index (κ2) is 27.4. The smallest absolute Gasteiger partial charge is 0.411 e. The number of nitrogen functional groups attached to an aromatic ring is 2. The summed E-state index contributed by atoms with van der Waals surface area (Å²) < 4.78 is 68.4. The summed E-state index contributed by atoms with van der Waals surface area (Å²) in [5.41, 5.74) is 13.1. The third-order valence-electron chi connectivity index (χ3n) is 7.70. The predicted octanol–water partition coefficient (Wildman–Crippen LogP) is 5.62. The van der Waals surface area contributed by atoms with Crippen molar-refractivity contribution in [1.82, 2.24) is 4.90 Å². The van der Waals surface area contributed by atoms with Gasteiger partial charge in [-0.25, -0.2) is 19.2 Å². The predicted molar refractivity (Wildman–Crippen MR) is 231 cm³/mol. The van der Waals surface area contributed by atoms with E-state index < -0.39 is 38.4 Å². The first-order valence-electron chi connectivity index (χ1n) is 18.5. The first kappa shape index (κ1) is 53.6. The number of nitrogens with two attached hydrogens (primary N) is 2. The Morgan fingerprint density at radius 3 is 1.40 bits per heavy atom. The van der Waals surface area contributed by atoms with Crippen LogP contribution < -0.4 is 22.1 Å². The zero-order valence-electron chi connectivity index (χ0n) is 35.0. The highest BCUT2D eigenvalue weighted by Gasteiger charge is 2.14. The number of nitrogens with one attached hydrogen (secondary N) is 2. The number of amides is 2. The number of rotatable bonds is 15. The van der Waals surface area contributed by atoms with Gasteiger partial charge in [0.25, 0.3) is 20.2 Å². The van der Waals surface area contributed by atoms with E-state index in [2.05, 4.69) is 47.2 Å². The number of esters is 1. The number of aromatic carboxylic acids is 1. The maximum absolute atomic E-state index is 11.6. The second-order valence-corrected chi connectivity index (χ2v) is 15.3. The Hall–Kier alpha value is -6.46. The molecule has 4 aromatic rings. The van der Waals surface area contributed by atoms with Gasteiger partial charge in [-0.1, -0.05) is 13.8 Å². The van der Waals surface area contributed by atoms with Gasteiger partial charge in [0.2, 0.25) is 0 Å². The standard InChI is InChI=1S/C13H20N2O2.2C10H13NO5S.C7H7NO3/c1-3-15(4-2)9-10-17-13(16)11-5-7-12(14)8-6-11;2*1-3-16-10(12)11-8-4-6-9(7-5-8)17(13,14)15-2;8-4-1-2-5(7(10)11)6(9)3-4/h5-8H,3-4,9-10,14H2,1-2H3;2*4-7H,3H2,1-2H3,(H,11,12);1-3,9H,8H2,(H,10,11). The molecule has 0 aromatic heterocycles. The molecule has 20 nitrogen and oxygen atoms in total. The molecule has 0 saturated heterocycles. The maximum Gasteiger partial charge on any atom is 0.411 e. The minimum Gasteiger partial charge on any atom is -0.507 e. The molecule has 4 rings (SSSR count). The van der Waals surface area contributed by atoms with Crippen molar-refractivity contribution in [3.05, 3.63) is 102 Å². The summed E-state index contributed by atoms with van der Waals surface area (Å²) >= 11 is 0. The van der Waals surface area contributed by atoms with Gasteiger partial charge in [-0.3, -0.25) is 19.0 Å². The lowest BCUT2D eigenvalue weighted by molar-refractivity contribution is 0.0466. The summed E-state index contributed by atoms with van der Waals surface area (Å²) in [5, 5.41) is 22.3. The van der Waals surface area contributed by atoms with Gasteiger partial charge >= 0.3 is 24.1 Å². The Labute approximate surface area is 360 Å². The van der Waals surface area contributed by atoms with Crippen LogP contribution in [-0.4, -0.2) is 110 Å². The Morgan fingerprint density at radius 2 is 1.05 bits per heavy atom. The van der Waals surface area contributed by atoms with E-state index in [1.54, 1.807) is 38.1 Å². The number of carbonyl (C=O) groups is 4. The Bertz CT molecular complexity index is 2140. The van der Waals surface area contributed by atoms with Crippen molar-refractivity contribution >= 4 is 67.1 Å². The number of phenols is 1. The Balaban J connectivity index is 0.000000418. The number of carbonyl (C=O) groups excluding carboxylic acids is 3. The van der Waals surface area contributed by atoms with Crippen LogP contribution >= 0.6 is 0 Å². The van der Waals surface area contributed by atoms with Crippen LogP contribution in [0.5, 0.6) is 5.75 Å². The van der Waals surface area contributed by atoms with E-state index in [1.807, 2.05) is 0 Å². The zero-order chi connectivity index (χ0) is 46.9. The molecule has 4 aromatic carbocycles. The van der Waals surface area contributed by atoms with E-state index in [-0.39, 0.29) is 40.3 Å². The first-order valence-corrected chi connectivity index (χ1v) is 21.3. The van der Waals surface area contributed by atoms with Crippen LogP contribution in [0.1, 0.15) is 48.4 Å². The third kappa shape index (κ3) is 19.7. The SMILES string of the molecule is CCN(CC)CCOC(=O)c1ccc(N)cc1.CCOC(=O)Nc1ccc(S(=O)(=O)OC)cc1.CCOC(=O)Nc1ccc(S(=O)(=O)OC)cc1.Nc1ccc(C(=O)O)c(O)c1. The van der Waals surface area contributed by atoms with Crippen LogP contribution in [-0.2, 0) is 42.8 Å². The molecule has 62 heavy (non-hydrogen) atoms. The minimum absolute atomic E-state index is 0.0226. The summed E-state index contributed by atoms with van der Waals surface area (Å²) in [6.45, 7) is 11.2. The molecule has 8 N–H and O–H groups in total. The molecule has 0 fully saturated rings. The number of likely N-dealkylation sites (N-methyl/N-ethyl adjacent to an activating group) is 1. The summed E-state index contributed by atoms with van der Waals surface area (Å²) in [5.74, 6) is -1.77. The van der Waals surface area contributed by atoms with Crippen molar-refractivity contribution in [2.45, 2.75) is 37.5 Å². The molecule has 0 aliphatic heterocycles. The molecule has 0 radical (unpaired) electrons. The fraction of sp³-hybridized carbons (Fsp3) is 0.300. The number of ether oxygens (including phenoxy) is 3. The average Bonchev–Trinajstić information content (AvgIpc) is 3.23. The van der Waals surface area contributed by atoms with Gasteiger partial charge in [-0.05, 0) is 112 Å². The largest absolute Gasteiger partial charge is 0.507 e. The fourth-order valence-electron chi connectivity index (χ4n) is 4.41. The van der Waals surface area contributed by atoms with Gasteiger partial charge in [0.05, 0.1) is 42.8 Å². The summed E-state index contributed by atoms with van der Waals surface area (Å²) in [4.78, 5) is 46.4. The van der Waals surface area contributed by atoms with Crippen molar-refractivity contribution in [1.29, 1.82) is 0 Å². The molecular formula is C40H53N5O15S2. The van der Waals surface area contributed by atoms with Crippen LogP contribution in [0.4, 0.5) is 32.3 Å². The number of anilines is 4. The molecular weight excluding hydrogens is 855 g/mol. The van der Waals surface area contributed by atoms with Crippen molar-refractivity contribution in [3.8, 4) is 5.75 Å². The van der Waals surface area contributed by atoms with Crippen LogP contribution in [0.25, 0.3) is 0 Å². The topological polar surface area (TPSA) is 303 Å². The first-order chi connectivity index (χ1) is 29.3. The lowest BCUT2D eigenvalue weighted by Gasteiger charge is -2.17. The minimum atomic E-state index is -3.70. The van der Waals surface area contributed by atoms with Gasteiger partial charge in [0.15, 0.2) is 0 Å². The number of carboxylic acids is 1. The van der Waals surface area contributed by atoms with E-state index in [9.17, 15) is 36.0 Å². The molecule has 0 aliphatic carbocycles. The average molecular weight is 908 g/mol. The van der Waals surface area contributed by atoms with E-state index in [0.29, 0.717) is 34.9 Å². The Kier molecular flexibility index (Phi) is 23.7. The molecule has 22 heteroatoms. The molecule has 2 amide bonds. The van der Waals surface area contributed by atoms with Crippen LogP contribution in [0, 0.1) is 0 Å². The van der Waals surface area contributed by atoms with E-state index in [0.717, 1.165) is 33.9 Å².